The van der Waals surface area contributed by atoms with Crippen molar-refractivity contribution in [1.29, 1.82) is 0 Å². The van der Waals surface area contributed by atoms with Crippen LogP contribution in [0, 0.1) is 0 Å². The Morgan fingerprint density at radius 3 is 3.00 bits per heavy atom. The molecule has 0 radical (unpaired) electrons. The molecule has 60 valence electrons. The van der Waals surface area contributed by atoms with E-state index in [9.17, 15) is 0 Å². The number of H-pyrrole nitrogens is 1. The normalized spacial score (nSPS) is 11.3. The monoisotopic (exact) mass is 152 g/mol. The summed E-state index contributed by atoms with van der Waals surface area (Å²) in [5.41, 5.74) is 0. The summed E-state index contributed by atoms with van der Waals surface area (Å²) < 4.78 is 0. The van der Waals surface area contributed by atoms with Gasteiger partial charge in [0, 0.05) is 13.1 Å². The molecule has 0 aliphatic heterocycles. The van der Waals surface area contributed by atoms with Gasteiger partial charge in [-0.15, -0.1) is 0 Å². The fraction of sp³-hybridized carbons (Fsp3) is 0.286. The average molecular weight is 152 g/mol. The van der Waals surface area contributed by atoms with Crippen molar-refractivity contribution < 1.29 is 0 Å². The maximum absolute atomic E-state index is 3.80. The van der Waals surface area contributed by atoms with E-state index in [1.807, 2.05) is 26.1 Å². The third-order valence-corrected chi connectivity index (χ3v) is 1.33. The van der Waals surface area contributed by atoms with E-state index in [-0.39, 0.29) is 0 Å². The third kappa shape index (κ3) is 2.00. The van der Waals surface area contributed by atoms with Crippen LogP contribution in [0.15, 0.2) is 24.2 Å². The largest absolute Gasteiger partial charge is 0.375 e. The van der Waals surface area contributed by atoms with Crippen molar-refractivity contribution in [3.05, 3.63) is 24.2 Å². The van der Waals surface area contributed by atoms with Gasteiger partial charge in [-0.2, -0.15) is 5.10 Å². The average Bonchev–Trinajstić information content (AvgIpc) is 2.52. The Balaban J connectivity index is 2.55. The van der Waals surface area contributed by atoms with E-state index in [4.69, 9.17) is 0 Å². The highest BCUT2D eigenvalue weighted by atomic mass is 15.2. The first-order valence-electron chi connectivity index (χ1n) is 3.47. The lowest BCUT2D eigenvalue weighted by Crippen LogP contribution is -2.14. The number of nitrogens with zero attached hydrogens (tertiary/aromatic N) is 1. The summed E-state index contributed by atoms with van der Waals surface area (Å²) in [4.78, 5) is 0. The van der Waals surface area contributed by atoms with Gasteiger partial charge >= 0.3 is 0 Å². The molecule has 0 atom stereocenters. The van der Waals surface area contributed by atoms with E-state index < -0.39 is 0 Å². The first kappa shape index (κ1) is 7.65. The highest BCUT2D eigenvalue weighted by Gasteiger charge is 1.92. The lowest BCUT2D eigenvalue weighted by molar-refractivity contribution is 0.977. The van der Waals surface area contributed by atoms with E-state index in [1.165, 1.54) is 0 Å². The second kappa shape index (κ2) is 3.65. The van der Waals surface area contributed by atoms with Gasteiger partial charge in [0.25, 0.3) is 0 Å². The summed E-state index contributed by atoms with van der Waals surface area (Å²) in [6, 6.07) is 1.86. The molecule has 0 aromatic carbocycles. The molecule has 0 saturated heterocycles. The molecule has 4 heteroatoms. The van der Waals surface area contributed by atoms with Crippen molar-refractivity contribution in [1.82, 2.24) is 15.5 Å². The standard InChI is InChI=1S/C7H12N4/c1-3-6(8-2)10-7-4-5-9-11-7/h3-5,8H,1-2H3,(H2,9,10,11)/b6-3+. The molecule has 11 heavy (non-hydrogen) atoms. The minimum atomic E-state index is 0.882. The van der Waals surface area contributed by atoms with Crippen LogP contribution in [0.3, 0.4) is 0 Å². The Hall–Kier alpha value is -1.45. The van der Waals surface area contributed by atoms with E-state index in [2.05, 4.69) is 20.8 Å². The molecule has 0 spiro atoms. The fourth-order valence-corrected chi connectivity index (χ4v) is 0.750. The molecular formula is C7H12N4. The van der Waals surface area contributed by atoms with Gasteiger partial charge in [0.2, 0.25) is 0 Å². The van der Waals surface area contributed by atoms with Gasteiger partial charge in [0.15, 0.2) is 0 Å². The predicted molar refractivity (Wildman–Crippen MR) is 45.0 cm³/mol. The summed E-state index contributed by atoms with van der Waals surface area (Å²) in [5.74, 6) is 1.83. The summed E-state index contributed by atoms with van der Waals surface area (Å²) in [5, 5.41) is 12.7. The SMILES string of the molecule is C/C=C(\NC)Nc1ccn[nH]1. The minimum Gasteiger partial charge on any atom is -0.375 e. The molecule has 3 N–H and O–H groups in total. The third-order valence-electron chi connectivity index (χ3n) is 1.33. The highest BCUT2D eigenvalue weighted by Crippen LogP contribution is 2.01. The van der Waals surface area contributed by atoms with Crippen LogP contribution < -0.4 is 10.6 Å². The van der Waals surface area contributed by atoms with Crippen LogP contribution in [-0.2, 0) is 0 Å². The predicted octanol–water partition coefficient (Wildman–Crippen LogP) is 0.902. The smallest absolute Gasteiger partial charge is 0.126 e. The maximum atomic E-state index is 3.80. The van der Waals surface area contributed by atoms with Gasteiger partial charge in [0.05, 0.1) is 12.0 Å². The van der Waals surface area contributed by atoms with Gasteiger partial charge in [-0.3, -0.25) is 5.10 Å². The van der Waals surface area contributed by atoms with Gasteiger partial charge in [0.1, 0.15) is 5.82 Å². The Kier molecular flexibility index (Phi) is 2.54. The molecular weight excluding hydrogens is 140 g/mol. The number of hydrogen-bond donors (Lipinski definition) is 3. The Labute approximate surface area is 65.7 Å². The van der Waals surface area contributed by atoms with E-state index in [0.29, 0.717) is 0 Å². The first-order chi connectivity index (χ1) is 5.36. The topological polar surface area (TPSA) is 52.7 Å². The van der Waals surface area contributed by atoms with Crippen molar-refractivity contribution in [2.45, 2.75) is 6.92 Å². The van der Waals surface area contributed by atoms with Crippen molar-refractivity contribution in [2.24, 2.45) is 0 Å². The maximum Gasteiger partial charge on any atom is 0.126 e. The van der Waals surface area contributed by atoms with Gasteiger partial charge in [-0.1, -0.05) is 0 Å². The zero-order chi connectivity index (χ0) is 8.10. The highest BCUT2D eigenvalue weighted by molar-refractivity contribution is 5.38. The second-order valence-electron chi connectivity index (χ2n) is 2.05. The summed E-state index contributed by atoms with van der Waals surface area (Å²) in [6.45, 7) is 1.95. The number of nitrogens with one attached hydrogen (secondary N) is 3. The molecule has 1 rings (SSSR count). The Morgan fingerprint density at radius 2 is 2.55 bits per heavy atom. The van der Waals surface area contributed by atoms with Gasteiger partial charge in [-0.25, -0.2) is 0 Å². The molecule has 1 aromatic heterocycles. The number of hydrogen-bond acceptors (Lipinski definition) is 3. The molecule has 4 nitrogen and oxygen atoms in total. The zero-order valence-electron chi connectivity index (χ0n) is 6.68. The van der Waals surface area contributed by atoms with Crippen LogP contribution in [-0.4, -0.2) is 17.2 Å². The minimum absolute atomic E-state index is 0.882. The number of anilines is 1. The molecule has 0 unspecified atom stereocenters. The number of aromatic nitrogens is 2. The quantitative estimate of drug-likeness (QED) is 0.603. The molecule has 1 heterocycles. The first-order valence-corrected chi connectivity index (χ1v) is 3.47. The van der Waals surface area contributed by atoms with Crippen LogP contribution in [0.2, 0.25) is 0 Å². The molecule has 0 bridgehead atoms. The molecule has 0 fully saturated rings. The van der Waals surface area contributed by atoms with Crippen LogP contribution in [0.25, 0.3) is 0 Å². The number of allylic oxidation sites excluding steroid dienone is 1. The van der Waals surface area contributed by atoms with Gasteiger partial charge < -0.3 is 10.6 Å². The fourth-order valence-electron chi connectivity index (χ4n) is 0.750. The van der Waals surface area contributed by atoms with Crippen LogP contribution >= 0.6 is 0 Å². The van der Waals surface area contributed by atoms with Crippen LogP contribution in [0.5, 0.6) is 0 Å². The van der Waals surface area contributed by atoms with E-state index >= 15 is 0 Å². The van der Waals surface area contributed by atoms with Crippen molar-refractivity contribution in [3.8, 4) is 0 Å². The lowest BCUT2D eigenvalue weighted by Gasteiger charge is -2.06. The molecule has 0 aliphatic carbocycles. The van der Waals surface area contributed by atoms with Crippen LogP contribution in [0.4, 0.5) is 5.82 Å². The van der Waals surface area contributed by atoms with E-state index in [0.717, 1.165) is 11.6 Å². The number of aromatic amines is 1. The second-order valence-corrected chi connectivity index (χ2v) is 2.05. The van der Waals surface area contributed by atoms with Crippen molar-refractivity contribution >= 4 is 5.82 Å². The van der Waals surface area contributed by atoms with Gasteiger partial charge in [-0.05, 0) is 13.0 Å². The number of rotatable bonds is 3. The Morgan fingerprint density at radius 1 is 1.73 bits per heavy atom. The zero-order valence-corrected chi connectivity index (χ0v) is 6.68. The van der Waals surface area contributed by atoms with Crippen LogP contribution in [0.1, 0.15) is 6.92 Å². The van der Waals surface area contributed by atoms with Crippen molar-refractivity contribution in [3.63, 3.8) is 0 Å². The summed E-state index contributed by atoms with van der Waals surface area (Å²) >= 11 is 0. The molecule has 0 saturated carbocycles. The molecule has 1 aromatic rings. The van der Waals surface area contributed by atoms with E-state index in [1.54, 1.807) is 6.20 Å². The Bertz CT molecular complexity index is 225. The summed E-state index contributed by atoms with van der Waals surface area (Å²) in [7, 11) is 1.86. The molecule has 0 amide bonds. The van der Waals surface area contributed by atoms with Crippen molar-refractivity contribution in [2.75, 3.05) is 12.4 Å². The molecule has 0 aliphatic rings. The summed E-state index contributed by atoms with van der Waals surface area (Å²) in [6.07, 6.45) is 3.64. The lowest BCUT2D eigenvalue weighted by atomic mass is 10.5.